The summed E-state index contributed by atoms with van der Waals surface area (Å²) >= 11 is 0. The maximum absolute atomic E-state index is 13.3. The van der Waals surface area contributed by atoms with Gasteiger partial charge in [0.1, 0.15) is 0 Å². The lowest BCUT2D eigenvalue weighted by molar-refractivity contribution is 0.373. The van der Waals surface area contributed by atoms with Gasteiger partial charge in [0, 0.05) is 46.5 Å². The van der Waals surface area contributed by atoms with Gasteiger partial charge in [-0.1, -0.05) is 12.1 Å². The monoisotopic (exact) mass is 437 g/mol. The van der Waals surface area contributed by atoms with Gasteiger partial charge in [-0.05, 0) is 43.7 Å². The van der Waals surface area contributed by atoms with Crippen molar-refractivity contribution >= 4 is 37.4 Å². The third kappa shape index (κ3) is 4.73. The van der Waals surface area contributed by atoms with Crippen molar-refractivity contribution in [3.05, 3.63) is 65.2 Å². The van der Waals surface area contributed by atoms with Crippen molar-refractivity contribution in [3.8, 4) is 11.1 Å². The molecular weight excluding hydrogens is 414 g/mol. The van der Waals surface area contributed by atoms with E-state index in [1.54, 1.807) is 36.7 Å². The van der Waals surface area contributed by atoms with Crippen LogP contribution < -0.4 is 10.2 Å². The first-order valence-electron chi connectivity index (χ1n) is 9.72. The van der Waals surface area contributed by atoms with E-state index in [4.69, 9.17) is 0 Å². The number of aromatic nitrogens is 3. The third-order valence-electron chi connectivity index (χ3n) is 4.93. The summed E-state index contributed by atoms with van der Waals surface area (Å²) in [4.78, 5) is 19.9. The number of benzene rings is 1. The molecule has 4 rings (SSSR count). The Morgan fingerprint density at radius 2 is 1.81 bits per heavy atom. The Morgan fingerprint density at radius 3 is 2.55 bits per heavy atom. The lowest BCUT2D eigenvalue weighted by atomic mass is 10.1. The van der Waals surface area contributed by atoms with Crippen molar-refractivity contribution in [3.63, 3.8) is 0 Å². The van der Waals surface area contributed by atoms with Crippen molar-refractivity contribution in [2.75, 3.05) is 31.6 Å². The predicted molar refractivity (Wildman–Crippen MR) is 124 cm³/mol. The minimum Gasteiger partial charge on any atom is -0.308 e. The number of nitrogens with one attached hydrogen (secondary N) is 1. The van der Waals surface area contributed by atoms with Crippen LogP contribution in [0.4, 0.5) is 5.69 Å². The van der Waals surface area contributed by atoms with Crippen LogP contribution in [-0.2, 0) is 16.6 Å². The Hall–Kier alpha value is -3.30. The van der Waals surface area contributed by atoms with Gasteiger partial charge in [-0.2, -0.15) is 5.10 Å². The highest BCUT2D eigenvalue weighted by atomic mass is 32.2. The third-order valence-corrected chi connectivity index (χ3v) is 5.53. The van der Waals surface area contributed by atoms with Gasteiger partial charge >= 0.3 is 0 Å². The fourth-order valence-corrected chi connectivity index (χ4v) is 3.93. The molecule has 0 aliphatic rings. The van der Waals surface area contributed by atoms with Gasteiger partial charge < -0.3 is 4.90 Å². The number of hydrogen-bond acceptors (Lipinski definition) is 6. The number of pyridine rings is 1. The number of anilines is 1. The van der Waals surface area contributed by atoms with E-state index in [2.05, 4.69) is 19.7 Å². The summed E-state index contributed by atoms with van der Waals surface area (Å²) in [5.74, 6) is 0. The summed E-state index contributed by atoms with van der Waals surface area (Å²) in [7, 11) is 0.572. The Balaban J connectivity index is 1.82. The van der Waals surface area contributed by atoms with E-state index >= 15 is 0 Å². The fourth-order valence-electron chi connectivity index (χ4n) is 3.37. The Kier molecular flexibility index (Phi) is 5.47. The average Bonchev–Trinajstić information content (AvgIpc) is 3.13. The molecule has 0 saturated carbocycles. The molecule has 0 spiro atoms. The molecule has 0 amide bonds. The van der Waals surface area contributed by atoms with Crippen molar-refractivity contribution in [1.82, 2.24) is 19.7 Å². The molecule has 9 heteroatoms. The molecule has 0 atom stereocenters. The van der Waals surface area contributed by atoms with Gasteiger partial charge in [0.25, 0.3) is 0 Å². The molecule has 0 saturated heterocycles. The Morgan fingerprint density at radius 1 is 1.03 bits per heavy atom. The normalized spacial score (nSPS) is 12.0. The lowest BCUT2D eigenvalue weighted by Gasteiger charge is -2.08. The first-order chi connectivity index (χ1) is 14.7. The molecule has 2 heterocycles. The second-order valence-electron chi connectivity index (χ2n) is 7.79. The van der Waals surface area contributed by atoms with E-state index in [0.717, 1.165) is 30.5 Å². The molecule has 0 bridgehead atoms. The quantitative estimate of drug-likeness (QED) is 0.498. The predicted octanol–water partition coefficient (Wildman–Crippen LogP) is 2.54. The molecule has 0 unspecified atom stereocenters. The maximum Gasteiger partial charge on any atom is 0.229 e. The number of fused-ring (bicyclic) bond motifs is 2. The largest absolute Gasteiger partial charge is 0.308 e. The van der Waals surface area contributed by atoms with Crippen molar-refractivity contribution < 1.29 is 8.42 Å². The second-order valence-corrected chi connectivity index (χ2v) is 9.54. The molecule has 0 radical (unpaired) electrons. The van der Waals surface area contributed by atoms with Crippen LogP contribution in [0.15, 0.2) is 59.8 Å². The van der Waals surface area contributed by atoms with E-state index in [1.165, 1.54) is 0 Å². The molecule has 160 valence electrons. The topological polar surface area (TPSA) is 97.2 Å². The van der Waals surface area contributed by atoms with Gasteiger partial charge in [0.15, 0.2) is 5.43 Å². The Bertz CT molecular complexity index is 1450. The second kappa shape index (κ2) is 8.09. The summed E-state index contributed by atoms with van der Waals surface area (Å²) in [6, 6.07) is 10.3. The molecular formula is C22H23N5O3S. The number of likely N-dealkylation sites (N-methyl/N-ethyl adjacent to an activating group) is 1. The van der Waals surface area contributed by atoms with Crippen molar-refractivity contribution in [2.24, 2.45) is 0 Å². The number of rotatable bonds is 6. The molecule has 31 heavy (non-hydrogen) atoms. The highest BCUT2D eigenvalue weighted by molar-refractivity contribution is 7.92. The summed E-state index contributed by atoms with van der Waals surface area (Å²) in [6.45, 7) is 1.63. The summed E-state index contributed by atoms with van der Waals surface area (Å²) < 4.78 is 27.4. The van der Waals surface area contributed by atoms with Gasteiger partial charge in [0.05, 0.1) is 24.5 Å². The summed E-state index contributed by atoms with van der Waals surface area (Å²) in [6.07, 6.45) is 6.51. The number of hydrogen-bond donors (Lipinski definition) is 1. The zero-order valence-electron chi connectivity index (χ0n) is 17.5. The van der Waals surface area contributed by atoms with Gasteiger partial charge in [-0.15, -0.1) is 0 Å². The first-order valence-corrected chi connectivity index (χ1v) is 11.6. The van der Waals surface area contributed by atoms with Crippen LogP contribution in [0, 0.1) is 0 Å². The van der Waals surface area contributed by atoms with Crippen LogP contribution in [0.5, 0.6) is 0 Å². The summed E-state index contributed by atoms with van der Waals surface area (Å²) in [5, 5.41) is 5.99. The van der Waals surface area contributed by atoms with Crippen LogP contribution in [0.2, 0.25) is 0 Å². The zero-order chi connectivity index (χ0) is 22.2. The van der Waals surface area contributed by atoms with Crippen LogP contribution >= 0.6 is 0 Å². The summed E-state index contributed by atoms with van der Waals surface area (Å²) in [5.41, 5.74) is 2.38. The number of nitrogens with zero attached hydrogens (tertiary/aromatic N) is 4. The smallest absolute Gasteiger partial charge is 0.229 e. The van der Waals surface area contributed by atoms with E-state index in [0.29, 0.717) is 27.4 Å². The minimum absolute atomic E-state index is 0.207. The molecule has 0 aliphatic heterocycles. The minimum atomic E-state index is -3.45. The molecule has 4 aromatic rings. The highest BCUT2D eigenvalue weighted by Gasteiger charge is 2.10. The van der Waals surface area contributed by atoms with Crippen LogP contribution in [0.3, 0.4) is 0 Å². The Labute approximate surface area is 180 Å². The first kappa shape index (κ1) is 21.0. The average molecular weight is 438 g/mol. The van der Waals surface area contributed by atoms with E-state index in [1.807, 2.05) is 37.1 Å². The molecule has 2 aromatic heterocycles. The van der Waals surface area contributed by atoms with Gasteiger partial charge in [0.2, 0.25) is 10.0 Å². The fraction of sp³-hybridized carbons (Fsp3) is 0.227. The van der Waals surface area contributed by atoms with E-state index < -0.39 is 10.0 Å². The maximum atomic E-state index is 13.3. The van der Waals surface area contributed by atoms with Crippen LogP contribution in [0.25, 0.3) is 32.8 Å². The van der Waals surface area contributed by atoms with Gasteiger partial charge in [-0.25, -0.2) is 8.42 Å². The van der Waals surface area contributed by atoms with Crippen LogP contribution in [0.1, 0.15) is 0 Å². The SMILES string of the molecule is CN(C)CCn1cc(-c2cnc3ccc4ccc(NS(C)(=O)=O)cc4c(=O)c3c2)cn1. The molecule has 0 aliphatic carbocycles. The van der Waals surface area contributed by atoms with Crippen molar-refractivity contribution in [2.45, 2.75) is 6.54 Å². The van der Waals surface area contributed by atoms with Crippen LogP contribution in [-0.4, -0.2) is 55.0 Å². The molecule has 8 nitrogen and oxygen atoms in total. The van der Waals surface area contributed by atoms with Crippen molar-refractivity contribution in [1.29, 1.82) is 0 Å². The standard InChI is InChI=1S/C22H23N5O3S/c1-26(2)8-9-27-14-17(13-24-27)16-10-20-21(23-12-16)7-5-15-4-6-18(25-31(3,29)30)11-19(15)22(20)28/h4-7,10-14,25H,8-9H2,1-3H3. The van der Waals surface area contributed by atoms with E-state index in [9.17, 15) is 13.2 Å². The van der Waals surface area contributed by atoms with E-state index in [-0.39, 0.29) is 5.43 Å². The highest BCUT2D eigenvalue weighted by Crippen LogP contribution is 2.23. The van der Waals surface area contributed by atoms with Gasteiger partial charge in [-0.3, -0.25) is 19.2 Å². The molecule has 0 fully saturated rings. The number of sulfonamides is 1. The lowest BCUT2D eigenvalue weighted by Crippen LogP contribution is -2.18. The molecule has 2 aromatic carbocycles. The zero-order valence-corrected chi connectivity index (χ0v) is 18.3. The molecule has 1 N–H and O–H groups in total.